The molecule has 0 saturated heterocycles. The topological polar surface area (TPSA) is 32.4 Å². The van der Waals surface area contributed by atoms with E-state index in [4.69, 9.17) is 0 Å². The second kappa shape index (κ2) is 4.46. The molecule has 0 bridgehead atoms. The van der Waals surface area contributed by atoms with E-state index in [1.165, 1.54) is 10.9 Å². The number of nitrogens with one attached hydrogen (secondary N) is 1. The van der Waals surface area contributed by atoms with Crippen LogP contribution in [-0.4, -0.2) is 11.5 Å². The maximum Gasteiger partial charge on any atom is 0.155 e. The zero-order valence-electron chi connectivity index (χ0n) is 11.1. The summed E-state index contributed by atoms with van der Waals surface area (Å²) in [5.41, 5.74) is 4.41. The zero-order valence-corrected chi connectivity index (χ0v) is 11.1. The standard InChI is InChI=1S/C17H15FN2/c18-14-7-3-1-6-13(14)16-17-12(9-10-19-16)11-5-2-4-8-15(11)20-17/h1-8,16,19-20H,9-10H2/p+1/t16-/m0/s1. The van der Waals surface area contributed by atoms with Crippen LogP contribution in [0.25, 0.3) is 10.9 Å². The molecule has 0 fully saturated rings. The first-order chi connectivity index (χ1) is 9.84. The number of halogens is 1. The van der Waals surface area contributed by atoms with E-state index in [-0.39, 0.29) is 11.9 Å². The monoisotopic (exact) mass is 267 g/mol. The number of hydrogen-bond acceptors (Lipinski definition) is 0. The smallest absolute Gasteiger partial charge is 0.155 e. The lowest BCUT2D eigenvalue weighted by Crippen LogP contribution is -2.87. The summed E-state index contributed by atoms with van der Waals surface area (Å²) in [7, 11) is 0. The van der Waals surface area contributed by atoms with Gasteiger partial charge in [0.1, 0.15) is 5.82 Å². The van der Waals surface area contributed by atoms with E-state index in [9.17, 15) is 4.39 Å². The Balaban J connectivity index is 1.92. The van der Waals surface area contributed by atoms with Gasteiger partial charge in [-0.2, -0.15) is 0 Å². The normalized spacial score (nSPS) is 18.1. The Morgan fingerprint density at radius 3 is 2.75 bits per heavy atom. The minimum Gasteiger partial charge on any atom is -0.353 e. The Labute approximate surface area is 116 Å². The van der Waals surface area contributed by atoms with Crippen LogP contribution in [0, 0.1) is 5.82 Å². The Bertz CT molecular complexity index is 776. The zero-order chi connectivity index (χ0) is 13.5. The Kier molecular flexibility index (Phi) is 2.60. The molecule has 1 atom stereocenters. The number of rotatable bonds is 1. The van der Waals surface area contributed by atoms with Crippen molar-refractivity contribution in [2.75, 3.05) is 6.54 Å². The van der Waals surface area contributed by atoms with Crippen LogP contribution in [0.2, 0.25) is 0 Å². The van der Waals surface area contributed by atoms with E-state index < -0.39 is 0 Å². The van der Waals surface area contributed by atoms with Crippen LogP contribution in [0.4, 0.5) is 4.39 Å². The van der Waals surface area contributed by atoms with Gasteiger partial charge in [0, 0.05) is 17.3 Å². The van der Waals surface area contributed by atoms with Gasteiger partial charge in [0.2, 0.25) is 0 Å². The van der Waals surface area contributed by atoms with Crippen molar-refractivity contribution >= 4 is 10.9 Å². The highest BCUT2D eigenvalue weighted by Crippen LogP contribution is 2.31. The number of para-hydroxylation sites is 1. The van der Waals surface area contributed by atoms with Crippen LogP contribution in [-0.2, 0) is 6.42 Å². The summed E-state index contributed by atoms with van der Waals surface area (Å²) in [6.45, 7) is 0.994. The fourth-order valence-corrected chi connectivity index (χ4v) is 3.28. The van der Waals surface area contributed by atoms with E-state index in [1.54, 1.807) is 12.1 Å². The molecular formula is C17H16FN2+. The molecule has 1 aliphatic heterocycles. The molecule has 2 heterocycles. The largest absolute Gasteiger partial charge is 0.353 e. The van der Waals surface area contributed by atoms with Crippen LogP contribution in [0.1, 0.15) is 22.9 Å². The van der Waals surface area contributed by atoms with E-state index in [0.29, 0.717) is 0 Å². The van der Waals surface area contributed by atoms with Crippen molar-refractivity contribution in [3.8, 4) is 0 Å². The Morgan fingerprint density at radius 1 is 1.05 bits per heavy atom. The molecule has 3 N–H and O–H groups in total. The molecule has 0 saturated carbocycles. The summed E-state index contributed by atoms with van der Waals surface area (Å²) in [6, 6.07) is 15.4. The minimum absolute atomic E-state index is 0.0346. The summed E-state index contributed by atoms with van der Waals surface area (Å²) in [5, 5.41) is 3.49. The first kappa shape index (κ1) is 11.7. The second-order valence-electron chi connectivity index (χ2n) is 5.34. The molecule has 1 aliphatic rings. The highest BCUT2D eigenvalue weighted by Gasteiger charge is 2.29. The summed E-state index contributed by atoms with van der Waals surface area (Å²) in [6.07, 6.45) is 1.03. The second-order valence-corrected chi connectivity index (χ2v) is 5.34. The average molecular weight is 267 g/mol. The third kappa shape index (κ3) is 1.67. The molecule has 0 amide bonds. The van der Waals surface area contributed by atoms with E-state index in [1.807, 2.05) is 18.2 Å². The van der Waals surface area contributed by atoms with Crippen molar-refractivity contribution in [3.63, 3.8) is 0 Å². The number of benzene rings is 2. The van der Waals surface area contributed by atoms with Crippen molar-refractivity contribution in [3.05, 3.63) is 71.2 Å². The third-order valence-corrected chi connectivity index (χ3v) is 4.19. The lowest BCUT2D eigenvalue weighted by Gasteiger charge is -2.21. The van der Waals surface area contributed by atoms with Crippen LogP contribution >= 0.6 is 0 Å². The molecule has 20 heavy (non-hydrogen) atoms. The highest BCUT2D eigenvalue weighted by molar-refractivity contribution is 5.85. The van der Waals surface area contributed by atoms with E-state index in [2.05, 4.69) is 28.5 Å². The Morgan fingerprint density at radius 2 is 1.85 bits per heavy atom. The minimum atomic E-state index is -0.125. The van der Waals surface area contributed by atoms with Crippen LogP contribution < -0.4 is 5.32 Å². The number of nitrogens with two attached hydrogens (primary N) is 1. The van der Waals surface area contributed by atoms with Crippen molar-refractivity contribution in [1.82, 2.24) is 4.98 Å². The molecule has 1 aromatic heterocycles. The van der Waals surface area contributed by atoms with Gasteiger partial charge in [-0.05, 0) is 23.8 Å². The molecule has 0 spiro atoms. The van der Waals surface area contributed by atoms with Gasteiger partial charge >= 0.3 is 0 Å². The molecule has 2 nitrogen and oxygen atoms in total. The van der Waals surface area contributed by atoms with E-state index in [0.717, 1.165) is 29.7 Å². The van der Waals surface area contributed by atoms with Gasteiger partial charge in [0.25, 0.3) is 0 Å². The van der Waals surface area contributed by atoms with Crippen LogP contribution in [0.15, 0.2) is 48.5 Å². The molecule has 0 radical (unpaired) electrons. The van der Waals surface area contributed by atoms with Crippen LogP contribution in [0.5, 0.6) is 0 Å². The number of aromatic nitrogens is 1. The van der Waals surface area contributed by atoms with Gasteiger partial charge in [-0.25, -0.2) is 4.39 Å². The molecule has 2 aromatic carbocycles. The molecule has 0 unspecified atom stereocenters. The maximum absolute atomic E-state index is 14.1. The molecular weight excluding hydrogens is 251 g/mol. The van der Waals surface area contributed by atoms with Gasteiger partial charge in [-0.1, -0.05) is 30.3 Å². The fourth-order valence-electron chi connectivity index (χ4n) is 3.28. The first-order valence-corrected chi connectivity index (χ1v) is 7.02. The van der Waals surface area contributed by atoms with Crippen molar-refractivity contribution < 1.29 is 9.71 Å². The Hall–Kier alpha value is -2.13. The van der Waals surface area contributed by atoms with Crippen LogP contribution in [0.3, 0.4) is 0 Å². The SMILES string of the molecule is Fc1ccccc1[C@@H]1[NH2+]CCc2c1[nH]c1ccccc21. The molecule has 0 aliphatic carbocycles. The van der Waals surface area contributed by atoms with Gasteiger partial charge < -0.3 is 10.3 Å². The first-order valence-electron chi connectivity index (χ1n) is 7.02. The van der Waals surface area contributed by atoms with Gasteiger partial charge in [0.05, 0.1) is 17.8 Å². The third-order valence-electron chi connectivity index (χ3n) is 4.19. The number of aromatic amines is 1. The predicted octanol–water partition coefficient (Wildman–Crippen LogP) is 2.52. The molecule has 3 heteroatoms. The number of H-pyrrole nitrogens is 1. The molecule has 3 aromatic rings. The number of fused-ring (bicyclic) bond motifs is 3. The van der Waals surface area contributed by atoms with E-state index >= 15 is 0 Å². The fraction of sp³-hybridized carbons (Fsp3) is 0.176. The van der Waals surface area contributed by atoms with Gasteiger partial charge in [0.15, 0.2) is 6.04 Å². The summed E-state index contributed by atoms with van der Waals surface area (Å²) in [5.74, 6) is -0.125. The average Bonchev–Trinajstić information content (AvgIpc) is 2.86. The quantitative estimate of drug-likeness (QED) is 0.679. The number of quaternary nitrogens is 1. The summed E-state index contributed by atoms with van der Waals surface area (Å²) < 4.78 is 14.1. The van der Waals surface area contributed by atoms with Crippen molar-refractivity contribution in [2.24, 2.45) is 0 Å². The lowest BCUT2D eigenvalue weighted by atomic mass is 9.94. The summed E-state index contributed by atoms with van der Waals surface area (Å²) >= 11 is 0. The molecule has 100 valence electrons. The predicted molar refractivity (Wildman–Crippen MR) is 77.0 cm³/mol. The van der Waals surface area contributed by atoms with Crippen molar-refractivity contribution in [1.29, 1.82) is 0 Å². The van der Waals surface area contributed by atoms with Crippen molar-refractivity contribution in [2.45, 2.75) is 12.5 Å². The van der Waals surface area contributed by atoms with Gasteiger partial charge in [-0.3, -0.25) is 0 Å². The lowest BCUT2D eigenvalue weighted by molar-refractivity contribution is -0.690. The molecule has 4 rings (SSSR count). The highest BCUT2D eigenvalue weighted by atomic mass is 19.1. The van der Waals surface area contributed by atoms with Gasteiger partial charge in [-0.15, -0.1) is 0 Å². The summed E-state index contributed by atoms with van der Waals surface area (Å²) in [4.78, 5) is 3.49. The number of hydrogen-bond donors (Lipinski definition) is 2. The maximum atomic E-state index is 14.1.